The van der Waals surface area contributed by atoms with Crippen molar-refractivity contribution in [1.82, 2.24) is 9.80 Å². The van der Waals surface area contributed by atoms with Gasteiger partial charge in [-0.1, -0.05) is 29.7 Å². The minimum Gasteiger partial charge on any atom is -0.353 e. The van der Waals surface area contributed by atoms with Gasteiger partial charge in [0.2, 0.25) is 0 Å². The summed E-state index contributed by atoms with van der Waals surface area (Å²) in [6.45, 7) is 10.9. The molecule has 0 saturated carbocycles. The Balaban J connectivity index is 1.81. The number of likely N-dealkylation sites (N-methyl/N-ethyl adjacent to an activating group) is 1. The zero-order valence-corrected chi connectivity index (χ0v) is 19.0. The Morgan fingerprint density at radius 1 is 1.17 bits per heavy atom. The maximum Gasteiger partial charge on any atom is 0.150 e. The number of aliphatic imine (C=N–C) groups is 2. The molecular weight excluding hydrogens is 380 g/mol. The van der Waals surface area contributed by atoms with Gasteiger partial charge in [0.1, 0.15) is 0 Å². The monoisotopic (exact) mass is 412 g/mol. The van der Waals surface area contributed by atoms with Crippen LogP contribution in [0.25, 0.3) is 0 Å². The van der Waals surface area contributed by atoms with Crippen molar-refractivity contribution < 1.29 is 0 Å². The van der Waals surface area contributed by atoms with Gasteiger partial charge in [0.25, 0.3) is 0 Å². The fraction of sp³-hybridized carbons (Fsp3) is 0.583. The van der Waals surface area contributed by atoms with Crippen LogP contribution in [0.4, 0.5) is 5.69 Å². The van der Waals surface area contributed by atoms with E-state index in [1.165, 1.54) is 16.8 Å². The van der Waals surface area contributed by atoms with E-state index in [0.717, 1.165) is 68.4 Å². The van der Waals surface area contributed by atoms with Crippen molar-refractivity contribution in [2.24, 2.45) is 15.9 Å². The summed E-state index contributed by atoms with van der Waals surface area (Å²) in [5.41, 5.74) is 6.57. The smallest absolute Gasteiger partial charge is 0.150 e. The number of hydrogen-bond acceptors (Lipinski definition) is 4. The van der Waals surface area contributed by atoms with Gasteiger partial charge in [-0.25, -0.2) is 4.99 Å². The van der Waals surface area contributed by atoms with Gasteiger partial charge in [-0.05, 0) is 70.3 Å². The molecule has 0 amide bonds. The molecular formula is C24H33ClN4. The van der Waals surface area contributed by atoms with Gasteiger partial charge in [0.05, 0.1) is 17.4 Å². The van der Waals surface area contributed by atoms with E-state index in [1.807, 2.05) is 6.07 Å². The number of hydrogen-bond donors (Lipinski definition) is 0. The predicted molar refractivity (Wildman–Crippen MR) is 124 cm³/mol. The van der Waals surface area contributed by atoms with Crippen LogP contribution < -0.4 is 0 Å². The normalized spacial score (nSPS) is 26.0. The van der Waals surface area contributed by atoms with Crippen LogP contribution in [0.1, 0.15) is 45.6 Å². The van der Waals surface area contributed by atoms with Crippen molar-refractivity contribution >= 4 is 28.8 Å². The van der Waals surface area contributed by atoms with Crippen LogP contribution in [0.5, 0.6) is 0 Å². The summed E-state index contributed by atoms with van der Waals surface area (Å²) in [5.74, 6) is 1.53. The number of allylic oxidation sites excluding steroid dienone is 1. The highest BCUT2D eigenvalue weighted by Gasteiger charge is 2.32. The van der Waals surface area contributed by atoms with Crippen LogP contribution in [0.2, 0.25) is 5.02 Å². The third-order valence-corrected chi connectivity index (χ3v) is 7.12. The van der Waals surface area contributed by atoms with E-state index in [-0.39, 0.29) is 6.04 Å². The predicted octanol–water partition coefficient (Wildman–Crippen LogP) is 5.14. The summed E-state index contributed by atoms with van der Waals surface area (Å²) in [4.78, 5) is 15.4. The molecule has 2 atom stereocenters. The number of amidine groups is 1. The highest BCUT2D eigenvalue weighted by atomic mass is 35.5. The van der Waals surface area contributed by atoms with E-state index in [4.69, 9.17) is 21.6 Å². The van der Waals surface area contributed by atoms with Gasteiger partial charge in [-0.2, -0.15) is 0 Å². The Morgan fingerprint density at radius 3 is 2.66 bits per heavy atom. The first-order valence-corrected chi connectivity index (χ1v) is 11.4. The second kappa shape index (κ2) is 8.61. The van der Waals surface area contributed by atoms with Crippen molar-refractivity contribution in [2.45, 2.75) is 52.5 Å². The van der Waals surface area contributed by atoms with Crippen LogP contribution in [0, 0.1) is 5.92 Å². The Morgan fingerprint density at radius 2 is 1.93 bits per heavy atom. The summed E-state index contributed by atoms with van der Waals surface area (Å²) < 4.78 is 0. The quantitative estimate of drug-likeness (QED) is 0.598. The second-order valence-electron chi connectivity index (χ2n) is 8.77. The summed E-state index contributed by atoms with van der Waals surface area (Å²) in [6.07, 6.45) is 4.32. The SMILES string of the molecule is CCC1=C(C)C(C)N=C2C(N3CCN(C)CC3)=Nc3ccc(Cl)cc3CCC2C1. The fourth-order valence-corrected chi connectivity index (χ4v) is 4.97. The zero-order valence-electron chi connectivity index (χ0n) is 18.2. The molecule has 0 spiro atoms. The highest BCUT2D eigenvalue weighted by Crippen LogP contribution is 2.35. The summed E-state index contributed by atoms with van der Waals surface area (Å²) in [6, 6.07) is 6.37. The number of aryl methyl sites for hydroxylation is 1. The molecule has 3 heterocycles. The standard InChI is InChI=1S/C24H33ClN4/c1-5-18-14-20-7-6-19-15-21(25)8-9-22(19)27-24(23(20)26-17(3)16(18)2)29-12-10-28(4)11-13-29/h8-9,15,17,20H,5-7,10-14H2,1-4H3. The fourth-order valence-electron chi connectivity index (χ4n) is 4.78. The molecule has 5 heteroatoms. The second-order valence-corrected chi connectivity index (χ2v) is 9.21. The van der Waals surface area contributed by atoms with Crippen molar-refractivity contribution in [1.29, 1.82) is 0 Å². The molecule has 0 aliphatic carbocycles. The molecule has 4 nitrogen and oxygen atoms in total. The van der Waals surface area contributed by atoms with Crippen LogP contribution in [0.3, 0.4) is 0 Å². The highest BCUT2D eigenvalue weighted by molar-refractivity contribution is 6.42. The van der Waals surface area contributed by atoms with E-state index < -0.39 is 0 Å². The molecule has 156 valence electrons. The number of piperazine rings is 1. The van der Waals surface area contributed by atoms with Crippen LogP contribution in [-0.4, -0.2) is 60.6 Å². The van der Waals surface area contributed by atoms with Gasteiger partial charge in [0, 0.05) is 37.1 Å². The lowest BCUT2D eigenvalue weighted by Gasteiger charge is -2.37. The molecule has 3 aliphatic rings. The van der Waals surface area contributed by atoms with Crippen LogP contribution in [-0.2, 0) is 6.42 Å². The Kier molecular flexibility index (Phi) is 6.12. The molecule has 0 radical (unpaired) electrons. The molecule has 4 rings (SSSR count). The molecule has 3 aliphatic heterocycles. The first kappa shape index (κ1) is 20.6. The summed E-state index contributed by atoms with van der Waals surface area (Å²) >= 11 is 6.32. The Bertz CT molecular complexity index is 862. The third kappa shape index (κ3) is 4.29. The first-order chi connectivity index (χ1) is 14.0. The van der Waals surface area contributed by atoms with Crippen molar-refractivity contribution in [2.75, 3.05) is 33.2 Å². The van der Waals surface area contributed by atoms with Gasteiger partial charge in [-0.15, -0.1) is 0 Å². The maximum absolute atomic E-state index is 6.32. The van der Waals surface area contributed by atoms with Gasteiger partial charge in [0.15, 0.2) is 5.84 Å². The average Bonchev–Trinajstić information content (AvgIpc) is 2.82. The number of fused-ring (bicyclic) bond motifs is 2. The van der Waals surface area contributed by atoms with E-state index in [0.29, 0.717) is 5.92 Å². The van der Waals surface area contributed by atoms with Crippen LogP contribution >= 0.6 is 11.6 Å². The van der Waals surface area contributed by atoms with Gasteiger partial charge in [-0.3, -0.25) is 4.99 Å². The number of nitrogens with zero attached hydrogens (tertiary/aromatic N) is 4. The first-order valence-electron chi connectivity index (χ1n) is 11.0. The zero-order chi connectivity index (χ0) is 20.5. The number of benzene rings is 1. The van der Waals surface area contributed by atoms with E-state index in [9.17, 15) is 0 Å². The molecule has 1 saturated heterocycles. The molecule has 0 aromatic heterocycles. The van der Waals surface area contributed by atoms with Crippen LogP contribution in [0.15, 0.2) is 39.3 Å². The lowest BCUT2D eigenvalue weighted by molar-refractivity contribution is 0.216. The minimum absolute atomic E-state index is 0.228. The van der Waals surface area contributed by atoms with E-state index >= 15 is 0 Å². The van der Waals surface area contributed by atoms with E-state index in [2.05, 4.69) is 49.8 Å². The summed E-state index contributed by atoms with van der Waals surface area (Å²) in [5, 5.41) is 0.800. The van der Waals surface area contributed by atoms with Gasteiger partial charge < -0.3 is 9.80 Å². The lowest BCUT2D eigenvalue weighted by Crippen LogP contribution is -2.50. The molecule has 1 fully saturated rings. The summed E-state index contributed by atoms with van der Waals surface area (Å²) in [7, 11) is 2.20. The Labute approximate surface area is 180 Å². The topological polar surface area (TPSA) is 31.2 Å². The molecule has 1 aromatic carbocycles. The molecule has 29 heavy (non-hydrogen) atoms. The lowest BCUT2D eigenvalue weighted by atomic mass is 9.85. The largest absolute Gasteiger partial charge is 0.353 e. The van der Waals surface area contributed by atoms with Crippen molar-refractivity contribution in [3.63, 3.8) is 0 Å². The number of rotatable bonds is 1. The minimum atomic E-state index is 0.228. The molecule has 2 unspecified atom stereocenters. The van der Waals surface area contributed by atoms with Gasteiger partial charge >= 0.3 is 0 Å². The molecule has 1 aromatic rings. The third-order valence-electron chi connectivity index (χ3n) is 6.89. The Hall–Kier alpha value is -1.65. The van der Waals surface area contributed by atoms with E-state index in [1.54, 1.807) is 5.57 Å². The maximum atomic E-state index is 6.32. The molecule has 0 bridgehead atoms. The van der Waals surface area contributed by atoms with Crippen molar-refractivity contribution in [3.05, 3.63) is 39.9 Å². The average molecular weight is 413 g/mol. The molecule has 0 N–H and O–H groups in total. The number of halogens is 1. The van der Waals surface area contributed by atoms with Crippen molar-refractivity contribution in [3.8, 4) is 0 Å².